The Balaban J connectivity index is 0.000000282. The molecule has 210 valence electrons. The van der Waals surface area contributed by atoms with Crippen LogP contribution in [0, 0.1) is 0 Å². The Morgan fingerprint density at radius 3 is 1.23 bits per heavy atom. The molecule has 0 bridgehead atoms. The zero-order valence-electron chi connectivity index (χ0n) is 19.6. The monoisotopic (exact) mass is 852 g/mol. The van der Waals surface area contributed by atoms with Gasteiger partial charge in [-0.05, 0) is 23.8 Å². The number of hydrogen-bond donors (Lipinski definition) is 0. The van der Waals surface area contributed by atoms with E-state index < -0.39 is 0 Å². The Morgan fingerprint density at radius 1 is 0.487 bits per heavy atom. The molecule has 0 aliphatic carbocycles. The second kappa shape index (κ2) is 18.7. The predicted octanol–water partition coefficient (Wildman–Crippen LogP) is 7.07. The molecule has 6 aromatic rings. The summed E-state index contributed by atoms with van der Waals surface area (Å²) in [5, 5.41) is 25.1. The molecule has 0 unspecified atom stereocenters. The Morgan fingerprint density at radius 2 is 0.897 bits per heavy atom. The molecule has 3 heterocycles. The maximum Gasteiger partial charge on any atom is 1.00 e. The number of benzene rings is 3. The molecule has 0 aliphatic heterocycles. The second-order valence-electron chi connectivity index (χ2n) is 7.19. The summed E-state index contributed by atoms with van der Waals surface area (Å²) in [6.45, 7) is 0. The van der Waals surface area contributed by atoms with Gasteiger partial charge in [-0.2, -0.15) is 12.4 Å². The summed E-state index contributed by atoms with van der Waals surface area (Å²) < 4.78 is 0. The van der Waals surface area contributed by atoms with Crippen LogP contribution < -0.4 is 15.3 Å². The standard InChI is InChI=1S/3C9H6ClN2.3Ag/c3*10-8-4-2-1-3-7(8)9-5-6-11-12-9;;;/h3*1-6H;;;/q3*-1;3*+1. The zero-order chi connectivity index (χ0) is 25.2. The Bertz CT molecular complexity index is 1300. The van der Waals surface area contributed by atoms with E-state index in [1.807, 2.05) is 91.0 Å². The third-order valence-electron chi connectivity index (χ3n) is 4.84. The molecule has 39 heavy (non-hydrogen) atoms. The maximum absolute atomic E-state index is 5.95. The summed E-state index contributed by atoms with van der Waals surface area (Å²) in [4.78, 5) is 0. The fraction of sp³-hybridized carbons (Fsp3) is 0. The van der Waals surface area contributed by atoms with Gasteiger partial charge in [0.15, 0.2) is 0 Å². The van der Waals surface area contributed by atoms with Gasteiger partial charge >= 0.3 is 67.1 Å². The van der Waals surface area contributed by atoms with Gasteiger partial charge in [-0.15, -0.1) is 5.69 Å². The van der Waals surface area contributed by atoms with E-state index in [0.717, 1.165) is 33.8 Å². The second-order valence-corrected chi connectivity index (χ2v) is 8.41. The van der Waals surface area contributed by atoms with Crippen LogP contribution in [0.1, 0.15) is 0 Å². The number of halogens is 3. The molecule has 3 aromatic heterocycles. The van der Waals surface area contributed by atoms with Crippen LogP contribution in [-0.4, -0.2) is 15.3 Å². The van der Waals surface area contributed by atoms with E-state index in [1.165, 1.54) is 0 Å². The first kappa shape index (κ1) is 35.4. The van der Waals surface area contributed by atoms with E-state index in [1.54, 1.807) is 18.6 Å². The molecule has 3 aromatic carbocycles. The van der Waals surface area contributed by atoms with Crippen molar-refractivity contribution in [2.45, 2.75) is 0 Å². The SMILES string of the molecule is Clc1ccccc1-c1cc[n-]n1.Clc1ccccc1-c1cc[n-]n1.Clc1ccccc1-c1ccn[n-]1.[Ag+].[Ag+].[Ag+]. The van der Waals surface area contributed by atoms with Crippen LogP contribution in [0.15, 0.2) is 110 Å². The minimum Gasteiger partial charge on any atom is -0.581 e. The minimum absolute atomic E-state index is 0. The molecule has 0 atom stereocenters. The average Bonchev–Trinajstić information content (AvgIpc) is 3.70. The molecule has 0 fully saturated rings. The largest absolute Gasteiger partial charge is 1.00 e. The van der Waals surface area contributed by atoms with E-state index >= 15 is 0 Å². The predicted molar refractivity (Wildman–Crippen MR) is 144 cm³/mol. The minimum atomic E-state index is 0. The fourth-order valence-corrected chi connectivity index (χ4v) is 3.83. The summed E-state index contributed by atoms with van der Waals surface area (Å²) in [5.74, 6) is 0. The van der Waals surface area contributed by atoms with Crippen molar-refractivity contribution in [2.75, 3.05) is 0 Å². The number of hydrogen-bond acceptors (Lipinski definition) is 3. The van der Waals surface area contributed by atoms with Gasteiger partial charge in [0.1, 0.15) is 0 Å². The molecule has 6 rings (SSSR count). The molecule has 0 saturated heterocycles. The summed E-state index contributed by atoms with van der Waals surface area (Å²) in [6, 6.07) is 28.2. The van der Waals surface area contributed by atoms with Gasteiger partial charge in [0.2, 0.25) is 0 Å². The Hall–Kier alpha value is -1.62. The van der Waals surface area contributed by atoms with Crippen molar-refractivity contribution in [3.05, 3.63) is 125 Å². The Labute approximate surface area is 288 Å². The third kappa shape index (κ3) is 10.4. The van der Waals surface area contributed by atoms with Gasteiger partial charge in [0, 0.05) is 43.8 Å². The van der Waals surface area contributed by atoms with Crippen molar-refractivity contribution in [1.29, 1.82) is 0 Å². The van der Waals surface area contributed by atoms with Crippen molar-refractivity contribution < 1.29 is 67.1 Å². The number of nitrogens with zero attached hydrogens (tertiary/aromatic N) is 6. The van der Waals surface area contributed by atoms with Crippen LogP contribution in [0.5, 0.6) is 0 Å². The Kier molecular flexibility index (Phi) is 17.0. The molecule has 12 heteroatoms. The normalized spacial score (nSPS) is 9.31. The topological polar surface area (TPSA) is 81.0 Å². The smallest absolute Gasteiger partial charge is 0.581 e. The van der Waals surface area contributed by atoms with Crippen LogP contribution in [0.4, 0.5) is 0 Å². The van der Waals surface area contributed by atoms with Gasteiger partial charge in [-0.3, -0.25) is 0 Å². The molecule has 0 aliphatic rings. The van der Waals surface area contributed by atoms with Crippen molar-refractivity contribution >= 4 is 34.8 Å². The van der Waals surface area contributed by atoms with Crippen molar-refractivity contribution in [1.82, 2.24) is 30.6 Å². The molecule has 0 spiro atoms. The van der Waals surface area contributed by atoms with Gasteiger partial charge in [0.05, 0.1) is 0 Å². The van der Waals surface area contributed by atoms with E-state index in [2.05, 4.69) is 30.6 Å². The van der Waals surface area contributed by atoms with E-state index in [0.29, 0.717) is 15.1 Å². The van der Waals surface area contributed by atoms with E-state index in [-0.39, 0.29) is 67.1 Å². The van der Waals surface area contributed by atoms with Crippen LogP contribution in [0.2, 0.25) is 15.1 Å². The van der Waals surface area contributed by atoms with Crippen molar-refractivity contribution in [2.24, 2.45) is 0 Å². The molecular weight excluding hydrogens is 838 g/mol. The van der Waals surface area contributed by atoms with Gasteiger partial charge in [-0.1, -0.05) is 108 Å². The molecule has 0 saturated carbocycles. The van der Waals surface area contributed by atoms with E-state index in [4.69, 9.17) is 34.8 Å². The van der Waals surface area contributed by atoms with Gasteiger partial charge in [-0.25, -0.2) is 0 Å². The summed E-state index contributed by atoms with van der Waals surface area (Å²) >= 11 is 17.8. The van der Waals surface area contributed by atoms with Gasteiger partial charge in [0.25, 0.3) is 0 Å². The van der Waals surface area contributed by atoms with Gasteiger partial charge < -0.3 is 30.6 Å². The first-order chi connectivity index (χ1) is 17.6. The zero-order valence-corrected chi connectivity index (χ0v) is 26.3. The van der Waals surface area contributed by atoms with Crippen LogP contribution >= 0.6 is 34.8 Å². The van der Waals surface area contributed by atoms with Crippen molar-refractivity contribution in [3.8, 4) is 33.8 Å². The molecular formula is C27H18Ag3Cl3N6. The average molecular weight is 856 g/mol. The molecule has 0 radical (unpaired) electrons. The number of aromatic nitrogens is 6. The number of rotatable bonds is 3. The summed E-state index contributed by atoms with van der Waals surface area (Å²) in [6.07, 6.45) is 4.95. The van der Waals surface area contributed by atoms with Crippen LogP contribution in [-0.2, 0) is 67.1 Å². The summed E-state index contributed by atoms with van der Waals surface area (Å²) in [5.41, 5.74) is 5.24. The third-order valence-corrected chi connectivity index (χ3v) is 5.83. The van der Waals surface area contributed by atoms with Crippen LogP contribution in [0.3, 0.4) is 0 Å². The van der Waals surface area contributed by atoms with Crippen LogP contribution in [0.25, 0.3) is 33.8 Å². The van der Waals surface area contributed by atoms with E-state index in [9.17, 15) is 0 Å². The molecule has 6 nitrogen and oxygen atoms in total. The molecule has 0 amide bonds. The maximum atomic E-state index is 5.95. The fourth-order valence-electron chi connectivity index (χ4n) is 3.14. The quantitative estimate of drug-likeness (QED) is 0.177. The molecule has 0 N–H and O–H groups in total. The summed E-state index contributed by atoms with van der Waals surface area (Å²) in [7, 11) is 0. The van der Waals surface area contributed by atoms with Crippen molar-refractivity contribution in [3.63, 3.8) is 0 Å². The first-order valence-corrected chi connectivity index (χ1v) is 11.8. The first-order valence-electron chi connectivity index (χ1n) is 10.7.